The van der Waals surface area contributed by atoms with Gasteiger partial charge in [0.15, 0.2) is 0 Å². The molecule has 2 aromatic carbocycles. The van der Waals surface area contributed by atoms with Crippen LogP contribution in [0.3, 0.4) is 0 Å². The van der Waals surface area contributed by atoms with Crippen LogP contribution < -0.4 is 15.8 Å². The van der Waals surface area contributed by atoms with Crippen molar-refractivity contribution in [2.24, 2.45) is 0 Å². The molecule has 2 aliphatic rings. The number of carbonyl (C=O) groups is 1. The number of carbonyl (C=O) groups excluding carboxylic acids is 1. The Kier molecular flexibility index (Phi) is 7.54. The topological polar surface area (TPSA) is 116 Å². The highest BCUT2D eigenvalue weighted by molar-refractivity contribution is 7.89. The van der Waals surface area contributed by atoms with Crippen LogP contribution >= 0.6 is 0 Å². The Bertz CT molecular complexity index is 1410. The van der Waals surface area contributed by atoms with E-state index in [-0.39, 0.29) is 11.9 Å². The zero-order valence-corrected chi connectivity index (χ0v) is 22.8. The van der Waals surface area contributed by atoms with Crippen LogP contribution in [0.4, 0.5) is 16.2 Å². The zero-order valence-electron chi connectivity index (χ0n) is 22.0. The number of aromatic nitrogens is 1. The summed E-state index contributed by atoms with van der Waals surface area (Å²) in [4.78, 5) is 12.5. The fourth-order valence-corrected chi connectivity index (χ4v) is 6.44. The molecule has 1 aliphatic carbocycles. The molecule has 3 aromatic rings. The van der Waals surface area contributed by atoms with Crippen molar-refractivity contribution in [2.75, 3.05) is 36.5 Å². The van der Waals surface area contributed by atoms with Crippen LogP contribution in [0.2, 0.25) is 0 Å². The van der Waals surface area contributed by atoms with Crippen LogP contribution in [0, 0.1) is 0 Å². The lowest BCUT2D eigenvalue weighted by Crippen LogP contribution is -2.42. The highest BCUT2D eigenvalue weighted by Crippen LogP contribution is 2.45. The van der Waals surface area contributed by atoms with Crippen molar-refractivity contribution >= 4 is 38.4 Å². The number of fused-ring (bicyclic) bond motifs is 1. The number of nitrogens with two attached hydrogens (primary N) is 1. The summed E-state index contributed by atoms with van der Waals surface area (Å²) in [6, 6.07) is 14.1. The van der Waals surface area contributed by atoms with Crippen molar-refractivity contribution in [3.05, 3.63) is 42.5 Å². The average molecular weight is 541 g/mol. The van der Waals surface area contributed by atoms with E-state index >= 15 is 0 Å². The second-order valence-electron chi connectivity index (χ2n) is 9.94. The van der Waals surface area contributed by atoms with E-state index in [1.165, 1.54) is 10.7 Å². The minimum absolute atomic E-state index is 0.0797. The maximum atomic E-state index is 12.5. The summed E-state index contributed by atoms with van der Waals surface area (Å²) >= 11 is 0. The normalized spacial score (nSPS) is 17.3. The van der Waals surface area contributed by atoms with E-state index in [1.54, 1.807) is 6.92 Å². The first-order chi connectivity index (χ1) is 18.3. The van der Waals surface area contributed by atoms with Gasteiger partial charge < -0.3 is 19.8 Å². The predicted molar refractivity (Wildman–Crippen MR) is 150 cm³/mol. The van der Waals surface area contributed by atoms with Crippen LogP contribution in [0.5, 0.6) is 5.75 Å². The third kappa shape index (κ3) is 5.19. The van der Waals surface area contributed by atoms with E-state index in [0.29, 0.717) is 44.3 Å². The molecule has 0 radical (unpaired) electrons. The van der Waals surface area contributed by atoms with Crippen LogP contribution in [-0.4, -0.2) is 54.9 Å². The van der Waals surface area contributed by atoms with Gasteiger partial charge in [0.25, 0.3) is 0 Å². The SMILES string of the molecule is CCOc1ccc2c(N)c(-c3ccc(NC(=O)OC4CCN(S(=O)(=O)CC)CC4)cc3)n(C3CCC3)c2c1. The third-order valence-corrected chi connectivity index (χ3v) is 9.48. The van der Waals surface area contributed by atoms with Gasteiger partial charge in [-0.25, -0.2) is 17.5 Å². The predicted octanol–water partition coefficient (Wildman–Crippen LogP) is 5.38. The second kappa shape index (κ2) is 10.9. The van der Waals surface area contributed by atoms with Gasteiger partial charge in [-0.3, -0.25) is 5.32 Å². The molecule has 1 aromatic heterocycles. The summed E-state index contributed by atoms with van der Waals surface area (Å²) in [5, 5.41) is 3.81. The molecule has 9 nitrogen and oxygen atoms in total. The lowest BCUT2D eigenvalue weighted by atomic mass is 9.92. The number of piperidine rings is 1. The number of anilines is 2. The number of nitrogen functional groups attached to an aromatic ring is 1. The quantitative estimate of drug-likeness (QED) is 0.397. The van der Waals surface area contributed by atoms with Crippen molar-refractivity contribution in [1.29, 1.82) is 0 Å². The molecule has 38 heavy (non-hydrogen) atoms. The van der Waals surface area contributed by atoms with Crippen LogP contribution in [0.1, 0.15) is 52.0 Å². The Balaban J connectivity index is 1.29. The molecule has 0 spiro atoms. The van der Waals surface area contributed by atoms with Crippen molar-refractivity contribution in [3.8, 4) is 17.0 Å². The molecule has 5 rings (SSSR count). The highest BCUT2D eigenvalue weighted by Gasteiger charge is 2.29. The molecule has 2 fully saturated rings. The molecule has 1 amide bonds. The number of sulfonamides is 1. The summed E-state index contributed by atoms with van der Waals surface area (Å²) in [5.74, 6) is 0.913. The van der Waals surface area contributed by atoms with Gasteiger partial charge >= 0.3 is 6.09 Å². The van der Waals surface area contributed by atoms with E-state index in [9.17, 15) is 13.2 Å². The van der Waals surface area contributed by atoms with Crippen molar-refractivity contribution in [3.63, 3.8) is 0 Å². The van der Waals surface area contributed by atoms with Gasteiger partial charge in [0.05, 0.1) is 29.3 Å². The fraction of sp³-hybridized carbons (Fsp3) is 0.464. The van der Waals surface area contributed by atoms with Crippen molar-refractivity contribution < 1.29 is 22.7 Å². The first-order valence-corrected chi connectivity index (χ1v) is 15.0. The fourth-order valence-electron chi connectivity index (χ4n) is 5.31. The number of nitrogens with one attached hydrogen (secondary N) is 1. The van der Waals surface area contributed by atoms with Gasteiger partial charge in [-0.15, -0.1) is 0 Å². The lowest BCUT2D eigenvalue weighted by molar-refractivity contribution is 0.0774. The van der Waals surface area contributed by atoms with Crippen LogP contribution in [-0.2, 0) is 14.8 Å². The molecule has 2 heterocycles. The Morgan fingerprint density at radius 1 is 1.05 bits per heavy atom. The molecule has 3 N–H and O–H groups in total. The molecule has 204 valence electrons. The maximum absolute atomic E-state index is 12.5. The molecule has 0 unspecified atom stereocenters. The Labute approximate surface area is 223 Å². The Morgan fingerprint density at radius 2 is 1.76 bits per heavy atom. The standard InChI is InChI=1S/C28H36N4O5S/c1-3-36-23-12-13-24-25(18-23)32(21-6-5-7-21)27(26(24)29)19-8-10-20(11-9-19)30-28(33)37-22-14-16-31(17-15-22)38(34,35)4-2/h8-13,18,21-22H,3-7,14-17,29H2,1-2H3,(H,30,33). The molecule has 1 aliphatic heterocycles. The van der Waals surface area contributed by atoms with E-state index < -0.39 is 16.1 Å². The molecule has 1 saturated heterocycles. The molecule has 0 bridgehead atoms. The van der Waals surface area contributed by atoms with Crippen LogP contribution in [0.15, 0.2) is 42.5 Å². The average Bonchev–Trinajstić information content (AvgIpc) is 3.15. The van der Waals surface area contributed by atoms with Gasteiger partial charge in [-0.1, -0.05) is 12.1 Å². The largest absolute Gasteiger partial charge is 0.494 e. The van der Waals surface area contributed by atoms with E-state index in [4.69, 9.17) is 15.2 Å². The van der Waals surface area contributed by atoms with Crippen molar-refractivity contribution in [2.45, 2.75) is 58.1 Å². The molecular formula is C28H36N4O5S. The minimum Gasteiger partial charge on any atom is -0.494 e. The number of hydrogen-bond donors (Lipinski definition) is 2. The van der Waals surface area contributed by atoms with E-state index in [1.807, 2.05) is 43.3 Å². The van der Waals surface area contributed by atoms with E-state index in [0.717, 1.165) is 46.4 Å². The third-order valence-electron chi connectivity index (χ3n) is 7.60. The maximum Gasteiger partial charge on any atom is 0.411 e. The number of ether oxygens (including phenoxy) is 2. The number of hydrogen-bond acceptors (Lipinski definition) is 6. The van der Waals surface area contributed by atoms with Gasteiger partial charge in [0.2, 0.25) is 10.0 Å². The van der Waals surface area contributed by atoms with Crippen LogP contribution in [0.25, 0.3) is 22.2 Å². The Hall–Kier alpha value is -3.24. The smallest absolute Gasteiger partial charge is 0.411 e. The van der Waals surface area contributed by atoms with Gasteiger partial charge in [0, 0.05) is 41.8 Å². The number of rotatable bonds is 8. The van der Waals surface area contributed by atoms with Gasteiger partial charge in [0.1, 0.15) is 11.9 Å². The lowest BCUT2D eigenvalue weighted by Gasteiger charge is -2.30. The second-order valence-corrected chi connectivity index (χ2v) is 12.2. The Morgan fingerprint density at radius 3 is 2.37 bits per heavy atom. The number of benzene rings is 2. The molecule has 1 saturated carbocycles. The van der Waals surface area contributed by atoms with Crippen molar-refractivity contribution in [1.82, 2.24) is 8.87 Å². The number of amides is 1. The summed E-state index contributed by atoms with van der Waals surface area (Å²) in [6.45, 7) is 4.95. The minimum atomic E-state index is -3.21. The van der Waals surface area contributed by atoms with Gasteiger partial charge in [-0.2, -0.15) is 0 Å². The summed E-state index contributed by atoms with van der Waals surface area (Å²) < 4.78 is 39.2. The summed E-state index contributed by atoms with van der Waals surface area (Å²) in [5.41, 5.74) is 11.1. The van der Waals surface area contributed by atoms with Gasteiger partial charge in [-0.05, 0) is 70.2 Å². The summed E-state index contributed by atoms with van der Waals surface area (Å²) in [7, 11) is -3.21. The highest BCUT2D eigenvalue weighted by atomic mass is 32.2. The van der Waals surface area contributed by atoms with E-state index in [2.05, 4.69) is 16.0 Å². The monoisotopic (exact) mass is 540 g/mol. The molecule has 10 heteroatoms. The summed E-state index contributed by atoms with van der Waals surface area (Å²) in [6.07, 6.45) is 3.56. The number of nitrogens with zero attached hydrogens (tertiary/aromatic N) is 2. The zero-order chi connectivity index (χ0) is 26.9. The molecular weight excluding hydrogens is 504 g/mol. The first-order valence-electron chi connectivity index (χ1n) is 13.4. The molecule has 0 atom stereocenters. The first kappa shape index (κ1) is 26.4.